The highest BCUT2D eigenvalue weighted by atomic mass is 35.5. The molecule has 1 nitrogen and oxygen atoms in total. The largest absolute Gasteiger partial charge is 0.310 e. The van der Waals surface area contributed by atoms with Crippen molar-refractivity contribution in [3.63, 3.8) is 0 Å². The van der Waals surface area contributed by atoms with Crippen LogP contribution < -0.4 is 5.32 Å². The smallest absolute Gasteiger partial charge is 0.127 e. The Hall–Kier alpha value is -0.600. The fourth-order valence-electron chi connectivity index (χ4n) is 3.30. The summed E-state index contributed by atoms with van der Waals surface area (Å²) < 4.78 is 13.6. The average molecular weight is 284 g/mol. The predicted octanol–water partition coefficient (Wildman–Crippen LogP) is 4.87. The van der Waals surface area contributed by atoms with E-state index < -0.39 is 0 Å². The fraction of sp³-hybridized carbons (Fsp3) is 0.625. The minimum atomic E-state index is -0.219. The summed E-state index contributed by atoms with van der Waals surface area (Å²) in [6, 6.07) is 3.61. The number of hydrogen-bond acceptors (Lipinski definition) is 1. The Morgan fingerprint density at radius 3 is 2.74 bits per heavy atom. The van der Waals surface area contributed by atoms with Gasteiger partial charge in [-0.1, -0.05) is 44.4 Å². The zero-order valence-corrected chi connectivity index (χ0v) is 12.7. The first-order valence-electron chi connectivity index (χ1n) is 7.23. The van der Waals surface area contributed by atoms with Crippen LogP contribution >= 0.6 is 11.6 Å². The summed E-state index contributed by atoms with van der Waals surface area (Å²) in [5.74, 6) is 1.08. The van der Waals surface area contributed by atoms with Crippen LogP contribution in [0.15, 0.2) is 12.1 Å². The number of nitrogens with one attached hydrogen (secondary N) is 1. The second-order valence-corrected chi connectivity index (χ2v) is 6.14. The van der Waals surface area contributed by atoms with Crippen LogP contribution in [0.3, 0.4) is 0 Å². The molecule has 1 aromatic rings. The Labute approximate surface area is 120 Å². The normalized spacial score (nSPS) is 24.7. The first kappa shape index (κ1) is 14.8. The molecule has 0 bridgehead atoms. The maximum atomic E-state index is 13.6. The van der Waals surface area contributed by atoms with Gasteiger partial charge in [0.05, 0.1) is 0 Å². The molecule has 0 amide bonds. The zero-order valence-electron chi connectivity index (χ0n) is 12.0. The summed E-state index contributed by atoms with van der Waals surface area (Å²) in [4.78, 5) is 0. The van der Waals surface area contributed by atoms with Crippen LogP contribution in [0.5, 0.6) is 0 Å². The van der Waals surface area contributed by atoms with E-state index in [-0.39, 0.29) is 11.9 Å². The Bertz CT molecular complexity index is 447. The van der Waals surface area contributed by atoms with Crippen molar-refractivity contribution in [3.05, 3.63) is 34.1 Å². The third kappa shape index (κ3) is 3.11. The van der Waals surface area contributed by atoms with E-state index in [4.69, 9.17) is 11.6 Å². The van der Waals surface area contributed by atoms with Gasteiger partial charge in [-0.25, -0.2) is 4.39 Å². The lowest BCUT2D eigenvalue weighted by Crippen LogP contribution is -2.30. The maximum absolute atomic E-state index is 13.6. The maximum Gasteiger partial charge on any atom is 0.127 e. The molecule has 1 aromatic carbocycles. The van der Waals surface area contributed by atoms with E-state index in [1.807, 2.05) is 6.07 Å². The van der Waals surface area contributed by atoms with E-state index in [9.17, 15) is 4.39 Å². The molecule has 0 aromatic heterocycles. The lowest BCUT2D eigenvalue weighted by atomic mass is 9.85. The van der Waals surface area contributed by atoms with Gasteiger partial charge >= 0.3 is 0 Å². The lowest BCUT2D eigenvalue weighted by molar-refractivity contribution is 0.305. The van der Waals surface area contributed by atoms with Crippen LogP contribution in [-0.4, -0.2) is 6.54 Å². The highest BCUT2D eigenvalue weighted by Gasteiger charge is 2.32. The Balaban J connectivity index is 2.35. The minimum absolute atomic E-state index is 0.219. The molecule has 1 N–H and O–H groups in total. The van der Waals surface area contributed by atoms with Gasteiger partial charge in [-0.2, -0.15) is 0 Å². The van der Waals surface area contributed by atoms with Gasteiger partial charge in [-0.3, -0.25) is 0 Å². The van der Waals surface area contributed by atoms with E-state index in [2.05, 4.69) is 19.2 Å². The summed E-state index contributed by atoms with van der Waals surface area (Å²) in [5.41, 5.74) is 1.73. The van der Waals surface area contributed by atoms with E-state index in [1.54, 1.807) is 6.92 Å². The summed E-state index contributed by atoms with van der Waals surface area (Å²) in [5, 5.41) is 4.10. The Morgan fingerprint density at radius 1 is 1.42 bits per heavy atom. The van der Waals surface area contributed by atoms with Crippen molar-refractivity contribution in [2.24, 2.45) is 11.8 Å². The van der Waals surface area contributed by atoms with Gasteiger partial charge in [0.1, 0.15) is 5.82 Å². The lowest BCUT2D eigenvalue weighted by Gasteiger charge is -2.29. The van der Waals surface area contributed by atoms with Crippen molar-refractivity contribution in [1.29, 1.82) is 0 Å². The molecular weight excluding hydrogens is 261 g/mol. The summed E-state index contributed by atoms with van der Waals surface area (Å²) in [7, 11) is 0. The first-order valence-corrected chi connectivity index (χ1v) is 7.61. The van der Waals surface area contributed by atoms with Crippen molar-refractivity contribution < 1.29 is 4.39 Å². The number of halogens is 2. The summed E-state index contributed by atoms with van der Waals surface area (Å²) in [6.07, 6.45) is 3.79. The molecule has 106 valence electrons. The molecule has 0 heterocycles. The monoisotopic (exact) mass is 283 g/mol. The molecule has 3 atom stereocenters. The SMILES string of the molecule is CCNC(c1cc(C)c(F)cc1Cl)C1CCCC1C. The molecule has 2 rings (SSSR count). The van der Waals surface area contributed by atoms with Crippen molar-refractivity contribution in [1.82, 2.24) is 5.32 Å². The first-order chi connectivity index (χ1) is 9.04. The summed E-state index contributed by atoms with van der Waals surface area (Å²) in [6.45, 7) is 7.13. The second kappa shape index (κ2) is 6.23. The average Bonchev–Trinajstić information content (AvgIpc) is 2.77. The zero-order chi connectivity index (χ0) is 14.0. The third-order valence-corrected chi connectivity index (χ3v) is 4.72. The van der Waals surface area contributed by atoms with Crippen LogP contribution in [0.1, 0.15) is 50.3 Å². The summed E-state index contributed by atoms with van der Waals surface area (Å²) >= 11 is 6.28. The number of rotatable bonds is 4. The highest BCUT2D eigenvalue weighted by Crippen LogP contribution is 2.42. The number of hydrogen-bond donors (Lipinski definition) is 1. The topological polar surface area (TPSA) is 12.0 Å². The number of benzene rings is 1. The van der Waals surface area contributed by atoms with Crippen LogP contribution in [0.2, 0.25) is 5.02 Å². The molecule has 3 heteroatoms. The van der Waals surface area contributed by atoms with Gasteiger partial charge in [0, 0.05) is 11.1 Å². The van der Waals surface area contributed by atoms with Crippen LogP contribution in [0, 0.1) is 24.6 Å². The molecule has 19 heavy (non-hydrogen) atoms. The predicted molar refractivity (Wildman–Crippen MR) is 79.1 cm³/mol. The van der Waals surface area contributed by atoms with Crippen molar-refractivity contribution in [2.45, 2.75) is 46.1 Å². The number of aryl methyl sites for hydroxylation is 1. The minimum Gasteiger partial charge on any atom is -0.310 e. The quantitative estimate of drug-likeness (QED) is 0.831. The Morgan fingerprint density at radius 2 is 2.16 bits per heavy atom. The van der Waals surface area contributed by atoms with Gasteiger partial charge < -0.3 is 5.32 Å². The van der Waals surface area contributed by atoms with Crippen molar-refractivity contribution in [3.8, 4) is 0 Å². The molecule has 0 spiro atoms. The Kier molecular flexibility index (Phi) is 4.86. The van der Waals surface area contributed by atoms with Gasteiger partial charge in [0.15, 0.2) is 0 Å². The highest BCUT2D eigenvalue weighted by molar-refractivity contribution is 6.31. The molecular formula is C16H23ClFN. The van der Waals surface area contributed by atoms with Crippen LogP contribution in [0.4, 0.5) is 4.39 Å². The van der Waals surface area contributed by atoms with Crippen molar-refractivity contribution >= 4 is 11.6 Å². The van der Waals surface area contributed by atoms with E-state index in [0.29, 0.717) is 22.4 Å². The molecule has 0 saturated heterocycles. The van der Waals surface area contributed by atoms with Gasteiger partial charge in [0.2, 0.25) is 0 Å². The molecule has 1 aliphatic carbocycles. The van der Waals surface area contributed by atoms with Crippen molar-refractivity contribution in [2.75, 3.05) is 6.54 Å². The second-order valence-electron chi connectivity index (χ2n) is 5.73. The molecule has 1 aliphatic rings. The van der Waals surface area contributed by atoms with E-state index in [0.717, 1.165) is 12.1 Å². The van der Waals surface area contributed by atoms with Gasteiger partial charge in [-0.15, -0.1) is 0 Å². The standard InChI is InChI=1S/C16H23ClFN/c1-4-19-16(12-7-5-6-10(12)2)13-8-11(3)15(18)9-14(13)17/h8-10,12,16,19H,4-7H2,1-3H3. The molecule has 0 aliphatic heterocycles. The molecule has 1 saturated carbocycles. The molecule has 1 fully saturated rings. The van der Waals surface area contributed by atoms with Gasteiger partial charge in [0.25, 0.3) is 0 Å². The molecule has 0 radical (unpaired) electrons. The van der Waals surface area contributed by atoms with E-state index in [1.165, 1.54) is 25.3 Å². The fourth-order valence-corrected chi connectivity index (χ4v) is 3.57. The van der Waals surface area contributed by atoms with Gasteiger partial charge in [-0.05, 0) is 48.9 Å². The van der Waals surface area contributed by atoms with Crippen LogP contribution in [-0.2, 0) is 0 Å². The van der Waals surface area contributed by atoms with E-state index >= 15 is 0 Å². The molecule has 3 unspecified atom stereocenters. The van der Waals surface area contributed by atoms with Crippen LogP contribution in [0.25, 0.3) is 0 Å². The third-order valence-electron chi connectivity index (χ3n) is 4.39.